The van der Waals surface area contributed by atoms with Gasteiger partial charge in [-0.25, -0.2) is 11.2 Å². The summed E-state index contributed by atoms with van der Waals surface area (Å²) in [5, 5.41) is 13.6. The largest absolute Gasteiger partial charge is 1.00 e. The molecule has 0 spiro atoms. The summed E-state index contributed by atoms with van der Waals surface area (Å²) in [4.78, 5) is 26.8. The molecule has 2 heterocycles. The third-order valence-electron chi connectivity index (χ3n) is 5.05. The fourth-order valence-corrected chi connectivity index (χ4v) is 3.45. The molecule has 1 atom stereocenters. The number of carbonyl (C=O) groups is 2. The van der Waals surface area contributed by atoms with Gasteiger partial charge in [0.25, 0.3) is 5.91 Å². The van der Waals surface area contributed by atoms with E-state index in [0.29, 0.717) is 56.0 Å². The Bertz CT molecular complexity index is 990. The van der Waals surface area contributed by atoms with E-state index in [2.05, 4.69) is 40.2 Å². The summed E-state index contributed by atoms with van der Waals surface area (Å²) in [6, 6.07) is 3.64. The van der Waals surface area contributed by atoms with Gasteiger partial charge in [0, 0.05) is 13.1 Å². The summed E-state index contributed by atoms with van der Waals surface area (Å²) in [7, 11) is 1.53. The molecule has 1 aromatic rings. The second-order valence-electron chi connectivity index (χ2n) is 7.33. The molecule has 0 radical (unpaired) electrons. The first-order chi connectivity index (χ1) is 16.0. The van der Waals surface area contributed by atoms with Crippen LogP contribution in [0.15, 0.2) is 46.3 Å². The number of allylic oxidation sites excluding steroid dienone is 3. The molecule has 0 aromatic heterocycles. The number of nitrogens with zero attached hydrogens (tertiary/aromatic N) is 3. The number of rotatable bonds is 8. The quantitative estimate of drug-likeness (QED) is 0.242. The first-order valence-electron chi connectivity index (χ1n) is 10.8. The molecule has 1 unspecified atom stereocenters. The molecule has 0 saturated carbocycles. The van der Waals surface area contributed by atoms with Crippen molar-refractivity contribution in [2.75, 3.05) is 20.3 Å². The number of hydrogen-bond donors (Lipinski definition) is 2. The van der Waals surface area contributed by atoms with E-state index in [9.17, 15) is 9.59 Å². The molecule has 10 heteroatoms. The van der Waals surface area contributed by atoms with E-state index >= 15 is 0 Å². The van der Waals surface area contributed by atoms with Gasteiger partial charge in [0.1, 0.15) is 11.9 Å². The van der Waals surface area contributed by atoms with Crippen LogP contribution in [0.2, 0.25) is 0 Å². The molecule has 34 heavy (non-hydrogen) atoms. The summed E-state index contributed by atoms with van der Waals surface area (Å²) in [6.45, 7) is 6.73. The first kappa shape index (κ1) is 27.2. The molecule has 0 aliphatic carbocycles. The molecule has 2 aliphatic heterocycles. The predicted octanol–water partition coefficient (Wildman–Crippen LogP) is -0.262. The van der Waals surface area contributed by atoms with E-state index in [4.69, 9.17) is 9.47 Å². The second kappa shape index (κ2) is 13.6. The van der Waals surface area contributed by atoms with Crippen LogP contribution < -0.4 is 34.2 Å². The third kappa shape index (κ3) is 7.24. The zero-order chi connectivity index (χ0) is 23.6. The maximum Gasteiger partial charge on any atom is 1.00 e. The first-order valence-corrected chi connectivity index (χ1v) is 10.8. The number of hydrogen-bond acceptors (Lipinski definition) is 7. The number of methoxy groups -OCH3 is 1. The van der Waals surface area contributed by atoms with Gasteiger partial charge in [0.05, 0.1) is 19.3 Å². The minimum absolute atomic E-state index is 0. The zero-order valence-electron chi connectivity index (χ0n) is 19.9. The van der Waals surface area contributed by atoms with Crippen LogP contribution in [0.3, 0.4) is 0 Å². The Labute approximate surface area is 212 Å². The van der Waals surface area contributed by atoms with Crippen LogP contribution in [0.4, 0.5) is 4.79 Å². The van der Waals surface area contributed by atoms with Crippen LogP contribution in [0, 0.1) is 6.92 Å². The Balaban J connectivity index is 0.00000408. The van der Waals surface area contributed by atoms with E-state index in [1.807, 2.05) is 6.07 Å². The van der Waals surface area contributed by atoms with Gasteiger partial charge in [-0.15, -0.1) is 18.0 Å². The number of unbranched alkanes of at least 4 members (excludes halogenated alkanes) is 1. The van der Waals surface area contributed by atoms with Gasteiger partial charge >= 0.3 is 25.0 Å². The minimum Gasteiger partial charge on any atom is -0.496 e. The standard InChI is InChI=1S/C24H28N5O4.Li/c1-4-6-11-25-26-15-19-8-7-9-22(27-19)28-23(30)20-13-18-16-29(24(31)33-5-2)12-10-17(18)14-21(20)32-3;/h7-9,13-14,22,27H,1,4-6,10,12,16H2,2-3H3,(H,28,30);/q-3;+1. The minimum atomic E-state index is -0.468. The van der Waals surface area contributed by atoms with Gasteiger partial charge < -0.3 is 48.3 Å². The molecule has 2 aliphatic rings. The van der Waals surface area contributed by atoms with Gasteiger partial charge in [0.2, 0.25) is 0 Å². The van der Waals surface area contributed by atoms with Crippen LogP contribution in [0.5, 0.6) is 5.75 Å². The molecule has 9 nitrogen and oxygen atoms in total. The van der Waals surface area contributed by atoms with Crippen LogP contribution in [0.1, 0.15) is 41.3 Å². The number of fused-ring (bicyclic) bond motifs is 1. The fraction of sp³-hybridized carbons (Fsp3) is 0.375. The molecule has 1 aromatic carbocycles. The molecule has 0 bridgehead atoms. The Hall–Kier alpha value is -3.02. The predicted molar refractivity (Wildman–Crippen MR) is 125 cm³/mol. The maximum absolute atomic E-state index is 13.1. The topological polar surface area (TPSA) is 105 Å². The molecule has 2 amide bonds. The Morgan fingerprint density at radius 2 is 2.15 bits per heavy atom. The van der Waals surface area contributed by atoms with Crippen LogP contribution in [-0.2, 0) is 17.7 Å². The van der Waals surface area contributed by atoms with Crippen LogP contribution in [-0.4, -0.2) is 55.8 Å². The second-order valence-corrected chi connectivity index (χ2v) is 7.33. The van der Waals surface area contributed by atoms with Crippen molar-refractivity contribution < 1.29 is 37.9 Å². The molecule has 3 rings (SSSR count). The van der Waals surface area contributed by atoms with Crippen molar-refractivity contribution in [1.82, 2.24) is 15.5 Å². The molecular formula is C24H28LiN5O4-2. The monoisotopic (exact) mass is 457 g/mol. The van der Waals surface area contributed by atoms with E-state index in [1.54, 1.807) is 36.1 Å². The average Bonchev–Trinajstić information content (AvgIpc) is 2.83. The smallest absolute Gasteiger partial charge is 0.496 e. The van der Waals surface area contributed by atoms with Crippen molar-refractivity contribution in [2.24, 2.45) is 10.2 Å². The van der Waals surface area contributed by atoms with E-state index in [-0.39, 0.29) is 30.9 Å². The number of benzene rings is 1. The van der Waals surface area contributed by atoms with Crippen LogP contribution in [0.25, 0.3) is 0 Å². The van der Waals surface area contributed by atoms with E-state index in [0.717, 1.165) is 11.1 Å². The van der Waals surface area contributed by atoms with Crippen molar-refractivity contribution in [3.05, 3.63) is 59.7 Å². The van der Waals surface area contributed by atoms with Gasteiger partial charge in [-0.3, -0.25) is 4.79 Å². The Morgan fingerprint density at radius 3 is 2.88 bits per heavy atom. The normalized spacial score (nSPS) is 17.0. The van der Waals surface area contributed by atoms with Crippen molar-refractivity contribution in [1.29, 1.82) is 0 Å². The SMILES string of the molecule is [CH2-]CC[C-]=NN=[C-]C1=CC=CC(NC(=O)c2cc3c(cc2OC)CCN(C(=O)OCC)C3)N1.[Li+]. The van der Waals surface area contributed by atoms with Crippen molar-refractivity contribution in [3.8, 4) is 5.75 Å². The molecule has 2 N–H and O–H groups in total. The summed E-state index contributed by atoms with van der Waals surface area (Å²) in [6.07, 6.45) is 12.0. The summed E-state index contributed by atoms with van der Waals surface area (Å²) < 4.78 is 10.6. The third-order valence-corrected chi connectivity index (χ3v) is 5.05. The molecule has 176 valence electrons. The number of nitrogens with one attached hydrogen (secondary N) is 2. The summed E-state index contributed by atoms with van der Waals surface area (Å²) in [5.41, 5.74) is 2.90. The summed E-state index contributed by atoms with van der Waals surface area (Å²) in [5.74, 6) is 0.167. The van der Waals surface area contributed by atoms with E-state index < -0.39 is 6.17 Å². The Morgan fingerprint density at radius 1 is 1.32 bits per heavy atom. The maximum atomic E-state index is 13.1. The summed E-state index contributed by atoms with van der Waals surface area (Å²) >= 11 is 0. The van der Waals surface area contributed by atoms with Crippen molar-refractivity contribution in [2.45, 2.75) is 38.9 Å². The van der Waals surface area contributed by atoms with Crippen LogP contribution >= 0.6 is 0 Å². The van der Waals surface area contributed by atoms with Gasteiger partial charge in [0.15, 0.2) is 0 Å². The molecular weight excluding hydrogens is 429 g/mol. The van der Waals surface area contributed by atoms with Gasteiger partial charge in [-0.05, 0) is 36.6 Å². The number of carbonyl (C=O) groups excluding carboxylic acids is 2. The van der Waals surface area contributed by atoms with Gasteiger partial charge in [-0.2, -0.15) is 12.5 Å². The van der Waals surface area contributed by atoms with Crippen molar-refractivity contribution >= 4 is 24.4 Å². The zero-order valence-corrected chi connectivity index (χ0v) is 19.9. The molecule has 0 saturated heterocycles. The number of amides is 2. The molecule has 0 fully saturated rings. The Kier molecular flexibility index (Phi) is 10.9. The van der Waals surface area contributed by atoms with Gasteiger partial charge in [-0.1, -0.05) is 6.08 Å². The van der Waals surface area contributed by atoms with E-state index in [1.165, 1.54) is 7.11 Å². The number of ether oxygens (including phenoxy) is 2. The average molecular weight is 457 g/mol. The van der Waals surface area contributed by atoms with Crippen molar-refractivity contribution in [3.63, 3.8) is 0 Å². The fourth-order valence-electron chi connectivity index (χ4n) is 3.45. The number of dihydropyridines is 1.